The Kier molecular flexibility index (Phi) is 3.35. The van der Waals surface area contributed by atoms with E-state index in [0.29, 0.717) is 4.99 Å². The summed E-state index contributed by atoms with van der Waals surface area (Å²) in [6.45, 7) is 5.05. The molecule has 1 heterocycles. The van der Waals surface area contributed by atoms with Crippen LogP contribution in [0.4, 0.5) is 5.69 Å². The van der Waals surface area contributed by atoms with Crippen molar-refractivity contribution in [1.29, 1.82) is 0 Å². The molecule has 0 spiro atoms. The molecule has 92 valence electrons. The second-order valence-corrected chi connectivity index (χ2v) is 5.16. The number of para-hydroxylation sites is 1. The Hall–Kier alpha value is -1.13. The molecule has 4 heteroatoms. The van der Waals surface area contributed by atoms with Crippen molar-refractivity contribution < 1.29 is 4.74 Å². The van der Waals surface area contributed by atoms with Gasteiger partial charge in [-0.3, -0.25) is 0 Å². The average molecular weight is 250 g/mol. The minimum atomic E-state index is -0.0547. The topological polar surface area (TPSA) is 47.3 Å². The van der Waals surface area contributed by atoms with Gasteiger partial charge in [-0.25, -0.2) is 0 Å². The fourth-order valence-electron chi connectivity index (χ4n) is 2.11. The molecular weight excluding hydrogens is 232 g/mol. The Balaban J connectivity index is 2.27. The molecular formula is C13H18N2OS. The summed E-state index contributed by atoms with van der Waals surface area (Å²) in [5.41, 5.74) is 7.55. The van der Waals surface area contributed by atoms with Crippen LogP contribution in [0.15, 0.2) is 24.3 Å². The molecule has 2 rings (SSSR count). The summed E-state index contributed by atoms with van der Waals surface area (Å²) < 4.78 is 5.61. The third-order valence-electron chi connectivity index (χ3n) is 3.50. The van der Waals surface area contributed by atoms with Gasteiger partial charge in [0, 0.05) is 17.9 Å². The number of ether oxygens (including phenoxy) is 1. The monoisotopic (exact) mass is 250 g/mol. The SMILES string of the molecule is CC1OCCC1(C)Nc1ccccc1C(N)=S. The summed E-state index contributed by atoms with van der Waals surface area (Å²) in [4.78, 5) is 0.420. The van der Waals surface area contributed by atoms with E-state index < -0.39 is 0 Å². The molecule has 0 saturated carbocycles. The van der Waals surface area contributed by atoms with E-state index in [0.717, 1.165) is 24.3 Å². The Morgan fingerprint density at radius 2 is 2.24 bits per heavy atom. The minimum Gasteiger partial charge on any atom is -0.389 e. The van der Waals surface area contributed by atoms with Crippen LogP contribution >= 0.6 is 12.2 Å². The fraction of sp³-hybridized carbons (Fsp3) is 0.462. The van der Waals surface area contributed by atoms with Gasteiger partial charge in [-0.15, -0.1) is 0 Å². The highest BCUT2D eigenvalue weighted by atomic mass is 32.1. The number of hydrogen-bond donors (Lipinski definition) is 2. The van der Waals surface area contributed by atoms with Crippen LogP contribution in [-0.2, 0) is 4.74 Å². The summed E-state index contributed by atoms with van der Waals surface area (Å²) in [6.07, 6.45) is 1.17. The van der Waals surface area contributed by atoms with Crippen molar-refractivity contribution in [1.82, 2.24) is 0 Å². The van der Waals surface area contributed by atoms with Crippen molar-refractivity contribution in [3.63, 3.8) is 0 Å². The molecule has 1 aliphatic heterocycles. The highest BCUT2D eigenvalue weighted by Gasteiger charge is 2.37. The Labute approximate surface area is 107 Å². The van der Waals surface area contributed by atoms with Crippen LogP contribution in [0, 0.1) is 0 Å². The van der Waals surface area contributed by atoms with Crippen molar-refractivity contribution in [2.24, 2.45) is 5.73 Å². The normalized spacial score (nSPS) is 28.0. The van der Waals surface area contributed by atoms with Crippen LogP contribution in [0.2, 0.25) is 0 Å². The largest absolute Gasteiger partial charge is 0.389 e. The van der Waals surface area contributed by atoms with E-state index in [-0.39, 0.29) is 11.6 Å². The van der Waals surface area contributed by atoms with Gasteiger partial charge in [0.1, 0.15) is 4.99 Å². The van der Waals surface area contributed by atoms with Crippen molar-refractivity contribution in [3.05, 3.63) is 29.8 Å². The summed E-state index contributed by atoms with van der Waals surface area (Å²) in [6, 6.07) is 7.86. The zero-order valence-electron chi connectivity index (χ0n) is 10.2. The number of thiocarbonyl (C=S) groups is 1. The summed E-state index contributed by atoms with van der Waals surface area (Å²) in [5.74, 6) is 0. The third-order valence-corrected chi connectivity index (χ3v) is 3.72. The molecule has 3 N–H and O–H groups in total. The molecule has 0 bridgehead atoms. The van der Waals surface area contributed by atoms with Gasteiger partial charge < -0.3 is 15.8 Å². The predicted octanol–water partition coefficient (Wildman–Crippen LogP) is 2.30. The maximum Gasteiger partial charge on any atom is 0.106 e. The molecule has 0 amide bonds. The quantitative estimate of drug-likeness (QED) is 0.808. The fourth-order valence-corrected chi connectivity index (χ4v) is 2.29. The Morgan fingerprint density at radius 3 is 2.82 bits per heavy atom. The van der Waals surface area contributed by atoms with Crippen LogP contribution in [0.1, 0.15) is 25.8 Å². The van der Waals surface area contributed by atoms with Gasteiger partial charge in [-0.1, -0.05) is 24.4 Å². The predicted molar refractivity (Wildman–Crippen MR) is 74.4 cm³/mol. The maximum absolute atomic E-state index is 5.73. The molecule has 2 atom stereocenters. The summed E-state index contributed by atoms with van der Waals surface area (Å²) in [7, 11) is 0. The van der Waals surface area contributed by atoms with Crippen LogP contribution in [-0.4, -0.2) is 23.2 Å². The van der Waals surface area contributed by atoms with Crippen molar-refractivity contribution in [3.8, 4) is 0 Å². The Morgan fingerprint density at radius 1 is 1.53 bits per heavy atom. The van der Waals surface area contributed by atoms with Gasteiger partial charge in [0.05, 0.1) is 11.6 Å². The first-order valence-electron chi connectivity index (χ1n) is 5.81. The lowest BCUT2D eigenvalue weighted by atomic mass is 9.93. The number of benzene rings is 1. The molecule has 2 unspecified atom stereocenters. The smallest absolute Gasteiger partial charge is 0.106 e. The third kappa shape index (κ3) is 2.42. The van der Waals surface area contributed by atoms with Crippen molar-refractivity contribution >= 4 is 22.9 Å². The highest BCUT2D eigenvalue weighted by Crippen LogP contribution is 2.30. The zero-order chi connectivity index (χ0) is 12.5. The van der Waals surface area contributed by atoms with E-state index in [9.17, 15) is 0 Å². The number of nitrogens with one attached hydrogen (secondary N) is 1. The van der Waals surface area contributed by atoms with E-state index in [1.807, 2.05) is 24.3 Å². The lowest BCUT2D eigenvalue weighted by Crippen LogP contribution is -2.41. The van der Waals surface area contributed by atoms with Gasteiger partial charge in [-0.05, 0) is 32.4 Å². The van der Waals surface area contributed by atoms with Gasteiger partial charge in [-0.2, -0.15) is 0 Å². The molecule has 0 aliphatic carbocycles. The maximum atomic E-state index is 5.73. The average Bonchev–Trinajstić information content (AvgIpc) is 2.59. The van der Waals surface area contributed by atoms with Crippen LogP contribution in [0.5, 0.6) is 0 Å². The lowest BCUT2D eigenvalue weighted by molar-refractivity contribution is 0.105. The minimum absolute atomic E-state index is 0.0547. The van der Waals surface area contributed by atoms with E-state index in [2.05, 4.69) is 19.2 Å². The lowest BCUT2D eigenvalue weighted by Gasteiger charge is -2.31. The number of anilines is 1. The molecule has 3 nitrogen and oxygen atoms in total. The van der Waals surface area contributed by atoms with Crippen LogP contribution in [0.3, 0.4) is 0 Å². The molecule has 1 saturated heterocycles. The van der Waals surface area contributed by atoms with E-state index >= 15 is 0 Å². The van der Waals surface area contributed by atoms with E-state index in [1.54, 1.807) is 0 Å². The van der Waals surface area contributed by atoms with Gasteiger partial charge in [0.2, 0.25) is 0 Å². The first-order chi connectivity index (χ1) is 8.03. The summed E-state index contributed by atoms with van der Waals surface area (Å²) in [5, 5.41) is 3.52. The number of hydrogen-bond acceptors (Lipinski definition) is 3. The number of nitrogens with two attached hydrogens (primary N) is 1. The van der Waals surface area contributed by atoms with Gasteiger partial charge in [0.15, 0.2) is 0 Å². The second kappa shape index (κ2) is 4.63. The van der Waals surface area contributed by atoms with E-state index in [4.69, 9.17) is 22.7 Å². The molecule has 1 aromatic rings. The van der Waals surface area contributed by atoms with Gasteiger partial charge in [0.25, 0.3) is 0 Å². The van der Waals surface area contributed by atoms with Gasteiger partial charge >= 0.3 is 0 Å². The molecule has 1 fully saturated rings. The molecule has 1 aliphatic rings. The zero-order valence-corrected chi connectivity index (χ0v) is 11.0. The number of rotatable bonds is 3. The first kappa shape index (κ1) is 12.3. The highest BCUT2D eigenvalue weighted by molar-refractivity contribution is 7.80. The summed E-state index contributed by atoms with van der Waals surface area (Å²) >= 11 is 5.06. The second-order valence-electron chi connectivity index (χ2n) is 4.72. The standard InChI is InChI=1S/C13H18N2OS/c1-9-13(2,7-8-16-9)15-11-6-4-3-5-10(11)12(14)17/h3-6,9,15H,7-8H2,1-2H3,(H2,14,17). The molecule has 0 radical (unpaired) electrons. The first-order valence-corrected chi connectivity index (χ1v) is 6.22. The Bertz CT molecular complexity index is 435. The van der Waals surface area contributed by atoms with Crippen molar-refractivity contribution in [2.75, 3.05) is 11.9 Å². The molecule has 1 aromatic carbocycles. The molecule has 17 heavy (non-hydrogen) atoms. The van der Waals surface area contributed by atoms with E-state index in [1.165, 1.54) is 0 Å². The van der Waals surface area contributed by atoms with Crippen molar-refractivity contribution in [2.45, 2.75) is 31.9 Å². The van der Waals surface area contributed by atoms with Crippen LogP contribution in [0.25, 0.3) is 0 Å². The van der Waals surface area contributed by atoms with Crippen LogP contribution < -0.4 is 11.1 Å². The molecule has 0 aromatic heterocycles.